The summed E-state index contributed by atoms with van der Waals surface area (Å²) < 4.78 is 1.33. The molecule has 0 spiro atoms. The van der Waals surface area contributed by atoms with Gasteiger partial charge in [-0.15, -0.1) is 24.2 Å². The summed E-state index contributed by atoms with van der Waals surface area (Å²) in [6, 6.07) is 15.9. The molecule has 8 heteroatoms. The van der Waals surface area contributed by atoms with E-state index in [1.54, 1.807) is 12.1 Å². The van der Waals surface area contributed by atoms with Crippen LogP contribution in [0.4, 0.5) is 5.69 Å². The zero-order valence-electron chi connectivity index (χ0n) is 18.5. The molecule has 2 aromatic carbocycles. The van der Waals surface area contributed by atoms with E-state index in [0.717, 1.165) is 44.9 Å². The van der Waals surface area contributed by atoms with Crippen molar-refractivity contribution in [2.75, 3.05) is 43.4 Å². The van der Waals surface area contributed by atoms with E-state index >= 15 is 0 Å². The zero-order chi connectivity index (χ0) is 21.6. The molecule has 3 aromatic rings. The van der Waals surface area contributed by atoms with Crippen molar-refractivity contribution >= 4 is 40.8 Å². The smallest absolute Gasteiger partial charge is 0.328 e. The number of anilines is 1. The molecule has 1 aromatic heterocycles. The normalized spacial score (nSPS) is 14.5. The third-order valence-electron chi connectivity index (χ3n) is 5.79. The summed E-state index contributed by atoms with van der Waals surface area (Å²) in [5, 5.41) is 0.565. The van der Waals surface area contributed by atoms with Gasteiger partial charge in [-0.3, -0.25) is 14.3 Å². The lowest BCUT2D eigenvalue weighted by atomic mass is 10.2. The lowest BCUT2D eigenvalue weighted by Crippen LogP contribution is -2.47. The van der Waals surface area contributed by atoms with Crippen LogP contribution in [0.15, 0.2) is 63.0 Å². The minimum Gasteiger partial charge on any atom is -0.368 e. The molecule has 32 heavy (non-hydrogen) atoms. The fraction of sp³-hybridized carbons (Fsp3) is 0.417. The summed E-state index contributed by atoms with van der Waals surface area (Å²) in [6.45, 7) is 7.54. The molecule has 0 saturated carbocycles. The van der Waals surface area contributed by atoms with E-state index in [1.807, 2.05) is 23.9 Å². The van der Waals surface area contributed by atoms with Crippen molar-refractivity contribution < 1.29 is 0 Å². The number of H-pyrrole nitrogens is 1. The minimum absolute atomic E-state index is 0. The number of para-hydroxylation sites is 2. The fourth-order valence-electron chi connectivity index (χ4n) is 4.12. The van der Waals surface area contributed by atoms with Gasteiger partial charge in [-0.05, 0) is 49.4 Å². The molecular formula is C24H31ClN4O2S. The molecule has 1 aliphatic rings. The first-order valence-corrected chi connectivity index (χ1v) is 12.1. The van der Waals surface area contributed by atoms with Gasteiger partial charge in [0.25, 0.3) is 5.56 Å². The van der Waals surface area contributed by atoms with Crippen molar-refractivity contribution in [3.63, 3.8) is 0 Å². The summed E-state index contributed by atoms with van der Waals surface area (Å²) in [7, 11) is 0. The number of piperazine rings is 1. The molecule has 1 aliphatic heterocycles. The highest BCUT2D eigenvalue weighted by atomic mass is 35.5. The first-order chi connectivity index (χ1) is 15.2. The minimum atomic E-state index is -0.324. The summed E-state index contributed by atoms with van der Waals surface area (Å²) in [4.78, 5) is 34.1. The molecule has 0 bridgehead atoms. The largest absolute Gasteiger partial charge is 0.368 e. The van der Waals surface area contributed by atoms with Crippen LogP contribution in [0.2, 0.25) is 0 Å². The Morgan fingerprint density at radius 2 is 1.66 bits per heavy atom. The maximum absolute atomic E-state index is 12.7. The zero-order valence-corrected chi connectivity index (χ0v) is 20.1. The Morgan fingerprint density at radius 1 is 0.938 bits per heavy atom. The first kappa shape index (κ1) is 24.4. The van der Waals surface area contributed by atoms with E-state index in [9.17, 15) is 9.59 Å². The van der Waals surface area contributed by atoms with Gasteiger partial charge in [0.05, 0.1) is 16.6 Å². The van der Waals surface area contributed by atoms with E-state index < -0.39 is 0 Å². The average Bonchev–Trinajstić information content (AvgIpc) is 2.80. The molecule has 2 heterocycles. The van der Waals surface area contributed by atoms with E-state index in [4.69, 9.17) is 0 Å². The summed E-state index contributed by atoms with van der Waals surface area (Å²) in [5.74, 6) is 1.14. The number of nitrogens with one attached hydrogen (secondary N) is 1. The number of nitrogens with zero attached hydrogens (tertiary/aromatic N) is 3. The third-order valence-corrected chi connectivity index (χ3v) is 7.05. The van der Waals surface area contributed by atoms with Crippen LogP contribution in [0.1, 0.15) is 19.8 Å². The second kappa shape index (κ2) is 11.6. The van der Waals surface area contributed by atoms with Crippen LogP contribution in [-0.2, 0) is 6.54 Å². The van der Waals surface area contributed by atoms with Crippen molar-refractivity contribution in [2.24, 2.45) is 0 Å². The third kappa shape index (κ3) is 5.57. The number of fused-ring (bicyclic) bond motifs is 1. The monoisotopic (exact) mass is 474 g/mol. The number of hydrogen-bond donors (Lipinski definition) is 1. The van der Waals surface area contributed by atoms with Gasteiger partial charge in [-0.25, -0.2) is 4.79 Å². The van der Waals surface area contributed by atoms with Crippen molar-refractivity contribution in [1.29, 1.82) is 0 Å². The summed E-state index contributed by atoms with van der Waals surface area (Å²) in [5.41, 5.74) is 1.41. The predicted octanol–water partition coefficient (Wildman–Crippen LogP) is 3.83. The quantitative estimate of drug-likeness (QED) is 0.503. The molecule has 0 aliphatic carbocycles. The van der Waals surface area contributed by atoms with Crippen LogP contribution < -0.4 is 16.1 Å². The van der Waals surface area contributed by atoms with E-state index in [2.05, 4.69) is 46.0 Å². The van der Waals surface area contributed by atoms with Crippen LogP contribution >= 0.6 is 24.2 Å². The van der Waals surface area contributed by atoms with Gasteiger partial charge in [-0.1, -0.05) is 31.2 Å². The maximum atomic E-state index is 12.7. The molecular weight excluding hydrogens is 444 g/mol. The van der Waals surface area contributed by atoms with Crippen molar-refractivity contribution in [3.8, 4) is 0 Å². The highest BCUT2D eigenvalue weighted by Crippen LogP contribution is 2.31. The van der Waals surface area contributed by atoms with Crippen molar-refractivity contribution in [1.82, 2.24) is 14.5 Å². The summed E-state index contributed by atoms with van der Waals surface area (Å²) >= 11 is 1.94. The first-order valence-electron chi connectivity index (χ1n) is 11.1. The number of hydrogen-bond acceptors (Lipinski definition) is 5. The summed E-state index contributed by atoms with van der Waals surface area (Å²) in [6.07, 6.45) is 1.96. The number of aromatic amines is 1. The fourth-order valence-corrected chi connectivity index (χ4v) is 5.06. The van der Waals surface area contributed by atoms with E-state index in [0.29, 0.717) is 17.4 Å². The van der Waals surface area contributed by atoms with Gasteiger partial charge in [0.15, 0.2) is 0 Å². The molecule has 1 fully saturated rings. The number of benzene rings is 2. The molecule has 0 unspecified atom stereocenters. The van der Waals surface area contributed by atoms with Crippen LogP contribution in [-0.4, -0.2) is 52.9 Å². The van der Waals surface area contributed by atoms with Gasteiger partial charge < -0.3 is 9.88 Å². The van der Waals surface area contributed by atoms with Crippen molar-refractivity contribution in [3.05, 3.63) is 69.4 Å². The molecule has 1 N–H and O–H groups in total. The lowest BCUT2D eigenvalue weighted by molar-refractivity contribution is 0.249. The van der Waals surface area contributed by atoms with Gasteiger partial charge >= 0.3 is 5.69 Å². The van der Waals surface area contributed by atoms with Crippen LogP contribution in [0.5, 0.6) is 0 Å². The Morgan fingerprint density at radius 3 is 2.44 bits per heavy atom. The predicted molar refractivity (Wildman–Crippen MR) is 137 cm³/mol. The number of halogens is 1. The standard InChI is InChI=1S/C24H30N4O2S.ClH/c1-2-18-31-22-11-6-5-10-21(22)27-16-14-26(15-17-27)12-7-13-28-23(29)19-8-3-4-9-20(19)25-24(28)30;/h3-6,8-11H,2,7,12-18H2,1H3,(H,25,30);1H. The topological polar surface area (TPSA) is 61.3 Å². The van der Waals surface area contributed by atoms with Crippen LogP contribution in [0.25, 0.3) is 10.9 Å². The van der Waals surface area contributed by atoms with Gasteiger partial charge in [0.1, 0.15) is 0 Å². The average molecular weight is 475 g/mol. The second-order valence-electron chi connectivity index (χ2n) is 7.93. The van der Waals surface area contributed by atoms with Gasteiger partial charge in [-0.2, -0.15) is 0 Å². The Hall–Kier alpha value is -2.22. The second-order valence-corrected chi connectivity index (χ2v) is 9.07. The molecule has 0 amide bonds. The maximum Gasteiger partial charge on any atom is 0.328 e. The van der Waals surface area contributed by atoms with Crippen LogP contribution in [0, 0.1) is 0 Å². The Kier molecular flexibility index (Phi) is 8.84. The number of thioether (sulfide) groups is 1. The highest BCUT2D eigenvalue weighted by Gasteiger charge is 2.19. The molecule has 0 radical (unpaired) electrons. The highest BCUT2D eigenvalue weighted by molar-refractivity contribution is 7.99. The van der Waals surface area contributed by atoms with Gasteiger partial charge in [0, 0.05) is 37.6 Å². The van der Waals surface area contributed by atoms with Crippen molar-refractivity contribution in [2.45, 2.75) is 31.2 Å². The van der Waals surface area contributed by atoms with E-state index in [1.165, 1.54) is 21.6 Å². The van der Waals surface area contributed by atoms with E-state index in [-0.39, 0.29) is 23.7 Å². The Balaban J connectivity index is 0.00000289. The Bertz CT molecular complexity index is 1140. The number of rotatable bonds is 8. The molecule has 6 nitrogen and oxygen atoms in total. The lowest BCUT2D eigenvalue weighted by Gasteiger charge is -2.37. The molecule has 1 saturated heterocycles. The molecule has 172 valence electrons. The Labute approximate surface area is 199 Å². The molecule has 4 rings (SSSR count). The molecule has 0 atom stereocenters. The SMILES string of the molecule is CCCSc1ccccc1N1CCN(CCCn2c(=O)[nH]c3ccccc3c2=O)CC1.Cl. The number of aromatic nitrogens is 2. The van der Waals surface area contributed by atoms with Crippen LogP contribution in [0.3, 0.4) is 0 Å². The van der Waals surface area contributed by atoms with Gasteiger partial charge in [0.2, 0.25) is 0 Å².